The summed E-state index contributed by atoms with van der Waals surface area (Å²) in [7, 11) is 0. The van der Waals surface area contributed by atoms with E-state index < -0.39 is 12.2 Å². The van der Waals surface area contributed by atoms with E-state index >= 15 is 0 Å². The molecule has 0 amide bonds. The number of aliphatic hydroxyl groups is 1. The van der Waals surface area contributed by atoms with Crippen LogP contribution in [0.4, 0.5) is 0 Å². The lowest BCUT2D eigenvalue weighted by Crippen LogP contribution is -2.62. The number of hydrogen-bond donors (Lipinski definition) is 1. The van der Waals surface area contributed by atoms with Gasteiger partial charge in [-0.2, -0.15) is 0 Å². The average Bonchev–Trinajstić information content (AvgIpc) is 2.84. The molecule has 0 aliphatic carbocycles. The van der Waals surface area contributed by atoms with Crippen LogP contribution in [0.25, 0.3) is 0 Å². The van der Waals surface area contributed by atoms with Gasteiger partial charge in [0.25, 0.3) is 0 Å². The molecule has 0 spiro atoms. The van der Waals surface area contributed by atoms with Crippen molar-refractivity contribution in [1.29, 1.82) is 0 Å². The lowest BCUT2D eigenvalue weighted by molar-refractivity contribution is -0.183. The lowest BCUT2D eigenvalue weighted by atomic mass is 9.93. The van der Waals surface area contributed by atoms with Gasteiger partial charge in [-0.15, -0.1) is 11.6 Å². The Balaban J connectivity index is 1.51. The minimum Gasteiger partial charge on any atom is -0.389 e. The van der Waals surface area contributed by atoms with Gasteiger partial charge in [0.05, 0.1) is 31.5 Å². The Bertz CT molecular complexity index is 925. The second-order valence-electron chi connectivity index (χ2n) is 8.22. The molecular formula is C27H30ClNO3. The van der Waals surface area contributed by atoms with E-state index in [2.05, 4.69) is 17.0 Å². The zero-order valence-electron chi connectivity index (χ0n) is 18.1. The van der Waals surface area contributed by atoms with Crippen molar-refractivity contribution in [3.8, 4) is 0 Å². The first-order chi connectivity index (χ1) is 15.7. The molecule has 1 fully saturated rings. The second-order valence-corrected chi connectivity index (χ2v) is 8.53. The maximum Gasteiger partial charge on any atom is 0.113 e. The Hall–Kier alpha value is -2.21. The smallest absolute Gasteiger partial charge is 0.113 e. The van der Waals surface area contributed by atoms with Crippen LogP contribution in [0.5, 0.6) is 0 Å². The zero-order valence-corrected chi connectivity index (χ0v) is 18.9. The minimum atomic E-state index is -0.755. The SMILES string of the molecule is O[C@@H]1[C@H](OCc2ccccc2)[C@@H](OCc2ccccc2)CN(Cc2ccccc2)[C@H]1CCl. The van der Waals surface area contributed by atoms with Crippen molar-refractivity contribution in [3.05, 3.63) is 108 Å². The summed E-state index contributed by atoms with van der Waals surface area (Å²) in [6, 6.07) is 30.1. The van der Waals surface area contributed by atoms with E-state index in [1.165, 1.54) is 5.56 Å². The highest BCUT2D eigenvalue weighted by Crippen LogP contribution is 2.27. The van der Waals surface area contributed by atoms with Gasteiger partial charge in [0.15, 0.2) is 0 Å². The molecule has 32 heavy (non-hydrogen) atoms. The third-order valence-electron chi connectivity index (χ3n) is 5.96. The molecule has 1 saturated heterocycles. The molecule has 0 aromatic heterocycles. The number of aliphatic hydroxyl groups excluding tert-OH is 1. The molecule has 1 heterocycles. The summed E-state index contributed by atoms with van der Waals surface area (Å²) in [5.41, 5.74) is 3.34. The molecule has 5 heteroatoms. The number of halogens is 1. The summed E-state index contributed by atoms with van der Waals surface area (Å²) in [6.45, 7) is 2.22. The maximum atomic E-state index is 11.3. The molecule has 168 valence electrons. The summed E-state index contributed by atoms with van der Waals surface area (Å²) >= 11 is 6.34. The Kier molecular flexibility index (Phi) is 8.32. The van der Waals surface area contributed by atoms with Crippen LogP contribution in [0.2, 0.25) is 0 Å². The van der Waals surface area contributed by atoms with Gasteiger partial charge in [-0.05, 0) is 16.7 Å². The molecule has 0 unspecified atom stereocenters. The van der Waals surface area contributed by atoms with E-state index in [1.54, 1.807) is 0 Å². The molecule has 4 rings (SSSR count). The van der Waals surface area contributed by atoms with Crippen LogP contribution in [0.3, 0.4) is 0 Å². The van der Waals surface area contributed by atoms with Gasteiger partial charge in [0, 0.05) is 19.0 Å². The Morgan fingerprint density at radius 1 is 0.750 bits per heavy atom. The first-order valence-corrected chi connectivity index (χ1v) is 11.6. The largest absolute Gasteiger partial charge is 0.389 e. The average molecular weight is 452 g/mol. The van der Waals surface area contributed by atoms with Crippen LogP contribution < -0.4 is 0 Å². The van der Waals surface area contributed by atoms with Crippen LogP contribution in [-0.4, -0.2) is 46.8 Å². The van der Waals surface area contributed by atoms with Crippen molar-refractivity contribution in [3.63, 3.8) is 0 Å². The number of likely N-dealkylation sites (tertiary alicyclic amines) is 1. The fraction of sp³-hybridized carbons (Fsp3) is 0.333. The minimum absolute atomic E-state index is 0.214. The maximum absolute atomic E-state index is 11.3. The van der Waals surface area contributed by atoms with Crippen molar-refractivity contribution < 1.29 is 14.6 Å². The summed E-state index contributed by atoms with van der Waals surface area (Å²) in [5, 5.41) is 11.3. The van der Waals surface area contributed by atoms with Gasteiger partial charge in [-0.1, -0.05) is 91.0 Å². The van der Waals surface area contributed by atoms with E-state index in [0.29, 0.717) is 32.2 Å². The summed E-state index contributed by atoms with van der Waals surface area (Å²) in [4.78, 5) is 2.21. The summed E-state index contributed by atoms with van der Waals surface area (Å²) in [5.74, 6) is 0.324. The quantitative estimate of drug-likeness (QED) is 0.481. The van der Waals surface area contributed by atoms with Crippen molar-refractivity contribution in [2.45, 2.75) is 44.1 Å². The number of alkyl halides is 1. The fourth-order valence-corrected chi connectivity index (χ4v) is 4.59. The molecule has 0 bridgehead atoms. The van der Waals surface area contributed by atoms with Crippen LogP contribution in [0.1, 0.15) is 16.7 Å². The van der Waals surface area contributed by atoms with E-state index in [4.69, 9.17) is 21.1 Å². The normalized spacial score (nSPS) is 23.8. The first kappa shape index (κ1) is 23.0. The van der Waals surface area contributed by atoms with Crippen LogP contribution in [0, 0.1) is 0 Å². The van der Waals surface area contributed by atoms with Crippen LogP contribution in [0.15, 0.2) is 91.0 Å². The van der Waals surface area contributed by atoms with Gasteiger partial charge < -0.3 is 14.6 Å². The predicted octanol–water partition coefficient (Wildman–Crippen LogP) is 4.64. The third kappa shape index (κ3) is 5.97. The molecular weight excluding hydrogens is 422 g/mol. The molecule has 4 atom stereocenters. The molecule has 1 N–H and O–H groups in total. The molecule has 1 aliphatic rings. The van der Waals surface area contributed by atoms with E-state index in [9.17, 15) is 5.11 Å². The van der Waals surface area contributed by atoms with Crippen LogP contribution in [-0.2, 0) is 29.2 Å². The number of rotatable bonds is 9. The van der Waals surface area contributed by atoms with E-state index in [1.807, 2.05) is 78.9 Å². The predicted molar refractivity (Wildman–Crippen MR) is 127 cm³/mol. The van der Waals surface area contributed by atoms with Gasteiger partial charge in [0.1, 0.15) is 6.10 Å². The fourth-order valence-electron chi connectivity index (χ4n) is 4.21. The summed E-state index contributed by atoms with van der Waals surface area (Å²) in [6.07, 6.45) is -1.50. The number of ether oxygens (including phenoxy) is 2. The third-order valence-corrected chi connectivity index (χ3v) is 6.28. The highest BCUT2D eigenvalue weighted by Gasteiger charge is 2.43. The van der Waals surface area contributed by atoms with Gasteiger partial charge in [-0.25, -0.2) is 0 Å². The topological polar surface area (TPSA) is 41.9 Å². The van der Waals surface area contributed by atoms with Crippen molar-refractivity contribution >= 4 is 11.6 Å². The standard InChI is InChI=1S/C27H30ClNO3/c28-16-24-26(30)27(32-20-23-14-8-3-9-15-23)25(31-19-22-12-6-2-7-13-22)18-29(24)17-21-10-4-1-5-11-21/h1-15,24-27,30H,16-20H2/t24-,25-,26-,27+/m0/s1. The number of nitrogens with zero attached hydrogens (tertiary/aromatic N) is 1. The van der Waals surface area contributed by atoms with Crippen molar-refractivity contribution in [2.24, 2.45) is 0 Å². The van der Waals surface area contributed by atoms with E-state index in [-0.39, 0.29) is 12.1 Å². The van der Waals surface area contributed by atoms with Crippen LogP contribution >= 0.6 is 11.6 Å². The summed E-state index contributed by atoms with van der Waals surface area (Å²) < 4.78 is 12.6. The van der Waals surface area contributed by atoms with Gasteiger partial charge in [-0.3, -0.25) is 4.90 Å². The van der Waals surface area contributed by atoms with Gasteiger partial charge in [0.2, 0.25) is 0 Å². The highest BCUT2D eigenvalue weighted by molar-refractivity contribution is 6.18. The van der Waals surface area contributed by atoms with Gasteiger partial charge >= 0.3 is 0 Å². The Morgan fingerprint density at radius 2 is 1.25 bits per heavy atom. The lowest BCUT2D eigenvalue weighted by Gasteiger charge is -2.46. The molecule has 3 aromatic carbocycles. The monoisotopic (exact) mass is 451 g/mol. The molecule has 3 aromatic rings. The number of piperidine rings is 1. The van der Waals surface area contributed by atoms with Crippen molar-refractivity contribution in [2.75, 3.05) is 12.4 Å². The highest BCUT2D eigenvalue weighted by atomic mass is 35.5. The zero-order chi connectivity index (χ0) is 22.2. The molecule has 0 saturated carbocycles. The molecule has 0 radical (unpaired) electrons. The number of benzene rings is 3. The second kappa shape index (κ2) is 11.6. The first-order valence-electron chi connectivity index (χ1n) is 11.1. The Labute approximate surface area is 195 Å². The molecule has 4 nitrogen and oxygen atoms in total. The van der Waals surface area contributed by atoms with Crippen molar-refractivity contribution in [1.82, 2.24) is 4.90 Å². The number of hydrogen-bond acceptors (Lipinski definition) is 4. The van der Waals surface area contributed by atoms with E-state index in [0.717, 1.165) is 11.1 Å². The Morgan fingerprint density at radius 3 is 1.78 bits per heavy atom. The molecule has 1 aliphatic heterocycles.